The summed E-state index contributed by atoms with van der Waals surface area (Å²) in [5.41, 5.74) is 1.30. The van der Waals surface area contributed by atoms with Crippen LogP contribution in [0.2, 0.25) is 0 Å². The van der Waals surface area contributed by atoms with E-state index in [1.54, 1.807) is 0 Å². The second-order valence-corrected chi connectivity index (χ2v) is 4.02. The van der Waals surface area contributed by atoms with Crippen LogP contribution in [0, 0.1) is 19.8 Å². The first-order valence-electron chi connectivity index (χ1n) is 5.34. The molecule has 1 aromatic rings. The minimum atomic E-state index is 0.414. The van der Waals surface area contributed by atoms with Gasteiger partial charge in [-0.05, 0) is 32.9 Å². The predicted octanol–water partition coefficient (Wildman–Crippen LogP) is 3.20. The summed E-state index contributed by atoms with van der Waals surface area (Å²) >= 11 is 0. The first kappa shape index (κ1) is 11.3. The van der Waals surface area contributed by atoms with Crippen LogP contribution < -0.4 is 5.32 Å². The van der Waals surface area contributed by atoms with Crippen molar-refractivity contribution in [1.29, 1.82) is 0 Å². The Bertz CT molecular complexity index is 291. The minimum absolute atomic E-state index is 0.414. The normalized spacial score (nSPS) is 15.5. The standard InChI is InChI=1S/C12H21NO/c1-6-8(2)12(13-5)11-7-9(3)14-10(11)4/h7-8,12-13H,6H2,1-5H3. The van der Waals surface area contributed by atoms with Gasteiger partial charge in [-0.15, -0.1) is 0 Å². The van der Waals surface area contributed by atoms with Crippen LogP contribution in [0.25, 0.3) is 0 Å². The van der Waals surface area contributed by atoms with Gasteiger partial charge >= 0.3 is 0 Å². The van der Waals surface area contributed by atoms with Crippen LogP contribution in [0.4, 0.5) is 0 Å². The maximum atomic E-state index is 5.55. The van der Waals surface area contributed by atoms with Gasteiger partial charge in [-0.3, -0.25) is 0 Å². The molecule has 2 atom stereocenters. The van der Waals surface area contributed by atoms with Crippen LogP contribution in [0.3, 0.4) is 0 Å². The van der Waals surface area contributed by atoms with E-state index in [9.17, 15) is 0 Å². The lowest BCUT2D eigenvalue weighted by molar-refractivity contribution is 0.392. The molecule has 2 unspecified atom stereocenters. The van der Waals surface area contributed by atoms with Gasteiger partial charge in [0.2, 0.25) is 0 Å². The molecule has 0 aliphatic rings. The lowest BCUT2D eigenvalue weighted by atomic mass is 9.93. The summed E-state index contributed by atoms with van der Waals surface area (Å²) in [6.45, 7) is 8.52. The highest BCUT2D eigenvalue weighted by atomic mass is 16.3. The third kappa shape index (κ3) is 2.18. The summed E-state index contributed by atoms with van der Waals surface area (Å²) in [4.78, 5) is 0. The fraction of sp³-hybridized carbons (Fsp3) is 0.667. The van der Waals surface area contributed by atoms with Gasteiger partial charge in [0.05, 0.1) is 0 Å². The molecule has 0 saturated carbocycles. The van der Waals surface area contributed by atoms with E-state index in [1.807, 2.05) is 20.9 Å². The molecule has 1 N–H and O–H groups in total. The van der Waals surface area contributed by atoms with Gasteiger partial charge in [-0.25, -0.2) is 0 Å². The Labute approximate surface area is 86.7 Å². The zero-order chi connectivity index (χ0) is 10.7. The number of hydrogen-bond acceptors (Lipinski definition) is 2. The smallest absolute Gasteiger partial charge is 0.105 e. The van der Waals surface area contributed by atoms with Crippen molar-refractivity contribution in [2.75, 3.05) is 7.05 Å². The second-order valence-electron chi connectivity index (χ2n) is 4.02. The van der Waals surface area contributed by atoms with E-state index in [4.69, 9.17) is 4.42 Å². The van der Waals surface area contributed by atoms with E-state index >= 15 is 0 Å². The average Bonchev–Trinajstić information content (AvgIpc) is 2.47. The fourth-order valence-corrected chi connectivity index (χ4v) is 1.94. The lowest BCUT2D eigenvalue weighted by Gasteiger charge is -2.21. The molecule has 1 rings (SSSR count). The molecule has 0 spiro atoms. The van der Waals surface area contributed by atoms with Crippen molar-refractivity contribution in [3.05, 3.63) is 23.2 Å². The molecule has 14 heavy (non-hydrogen) atoms. The van der Waals surface area contributed by atoms with Gasteiger partial charge in [0.1, 0.15) is 11.5 Å². The first-order chi connectivity index (χ1) is 6.60. The SMILES string of the molecule is CCC(C)C(NC)c1cc(C)oc1C. The van der Waals surface area contributed by atoms with E-state index in [0.29, 0.717) is 12.0 Å². The van der Waals surface area contributed by atoms with E-state index in [1.165, 1.54) is 12.0 Å². The molecule has 0 bridgehead atoms. The van der Waals surface area contributed by atoms with Crippen molar-refractivity contribution in [2.45, 2.75) is 40.2 Å². The Kier molecular flexibility index (Phi) is 3.76. The third-order valence-corrected chi connectivity index (χ3v) is 2.94. The van der Waals surface area contributed by atoms with Crippen molar-refractivity contribution in [1.82, 2.24) is 5.32 Å². The Morgan fingerprint density at radius 3 is 2.43 bits per heavy atom. The van der Waals surface area contributed by atoms with Gasteiger partial charge < -0.3 is 9.73 Å². The summed E-state index contributed by atoms with van der Waals surface area (Å²) < 4.78 is 5.55. The van der Waals surface area contributed by atoms with E-state index in [-0.39, 0.29) is 0 Å². The first-order valence-corrected chi connectivity index (χ1v) is 5.34. The summed E-state index contributed by atoms with van der Waals surface area (Å²) in [6, 6.07) is 2.56. The summed E-state index contributed by atoms with van der Waals surface area (Å²) in [5.74, 6) is 2.68. The number of nitrogens with one attached hydrogen (secondary N) is 1. The van der Waals surface area contributed by atoms with Crippen molar-refractivity contribution < 1.29 is 4.42 Å². The maximum Gasteiger partial charge on any atom is 0.105 e. The van der Waals surface area contributed by atoms with Crippen LogP contribution in [0.15, 0.2) is 10.5 Å². The molecular formula is C12H21NO. The molecule has 0 amide bonds. The number of aryl methyl sites for hydroxylation is 2. The number of rotatable bonds is 4. The van der Waals surface area contributed by atoms with Gasteiger partial charge in [0.25, 0.3) is 0 Å². The Balaban J connectivity index is 2.94. The highest BCUT2D eigenvalue weighted by molar-refractivity contribution is 5.24. The van der Waals surface area contributed by atoms with Crippen molar-refractivity contribution >= 4 is 0 Å². The van der Waals surface area contributed by atoms with Gasteiger partial charge in [0, 0.05) is 11.6 Å². The molecule has 2 nitrogen and oxygen atoms in total. The highest BCUT2D eigenvalue weighted by Crippen LogP contribution is 2.28. The molecule has 80 valence electrons. The fourth-order valence-electron chi connectivity index (χ4n) is 1.94. The molecule has 0 aliphatic heterocycles. The van der Waals surface area contributed by atoms with E-state index in [0.717, 1.165) is 11.5 Å². The Morgan fingerprint density at radius 1 is 1.43 bits per heavy atom. The largest absolute Gasteiger partial charge is 0.466 e. The summed E-state index contributed by atoms with van der Waals surface area (Å²) in [7, 11) is 2.01. The van der Waals surface area contributed by atoms with Crippen molar-refractivity contribution in [3.63, 3.8) is 0 Å². The lowest BCUT2D eigenvalue weighted by Crippen LogP contribution is -2.23. The zero-order valence-corrected chi connectivity index (χ0v) is 9.85. The van der Waals surface area contributed by atoms with Crippen LogP contribution in [0.5, 0.6) is 0 Å². The topological polar surface area (TPSA) is 25.2 Å². The molecule has 1 heterocycles. The van der Waals surface area contributed by atoms with Crippen LogP contribution in [-0.4, -0.2) is 7.05 Å². The highest BCUT2D eigenvalue weighted by Gasteiger charge is 2.20. The zero-order valence-electron chi connectivity index (χ0n) is 9.85. The minimum Gasteiger partial charge on any atom is -0.466 e. The summed E-state index contributed by atoms with van der Waals surface area (Å²) in [6.07, 6.45) is 1.18. The number of hydrogen-bond donors (Lipinski definition) is 1. The predicted molar refractivity (Wildman–Crippen MR) is 59.4 cm³/mol. The molecule has 0 aliphatic carbocycles. The average molecular weight is 195 g/mol. The number of furan rings is 1. The third-order valence-electron chi connectivity index (χ3n) is 2.94. The van der Waals surface area contributed by atoms with Crippen LogP contribution in [0.1, 0.15) is 43.4 Å². The maximum absolute atomic E-state index is 5.55. The van der Waals surface area contributed by atoms with Gasteiger partial charge in [0.15, 0.2) is 0 Å². The van der Waals surface area contributed by atoms with E-state index < -0.39 is 0 Å². The monoisotopic (exact) mass is 195 g/mol. The van der Waals surface area contributed by atoms with Crippen molar-refractivity contribution in [2.24, 2.45) is 5.92 Å². The summed E-state index contributed by atoms with van der Waals surface area (Å²) in [5, 5.41) is 3.36. The molecule has 0 saturated heterocycles. The van der Waals surface area contributed by atoms with E-state index in [2.05, 4.69) is 25.2 Å². The molecule has 1 aromatic heterocycles. The quantitative estimate of drug-likeness (QED) is 0.798. The molecular weight excluding hydrogens is 174 g/mol. The van der Waals surface area contributed by atoms with Crippen LogP contribution in [-0.2, 0) is 0 Å². The second kappa shape index (κ2) is 4.65. The molecule has 0 aromatic carbocycles. The van der Waals surface area contributed by atoms with Gasteiger partial charge in [-0.2, -0.15) is 0 Å². The molecule has 2 heteroatoms. The van der Waals surface area contributed by atoms with Crippen LogP contribution >= 0.6 is 0 Å². The Morgan fingerprint density at radius 2 is 2.07 bits per heavy atom. The molecule has 0 fully saturated rings. The Hall–Kier alpha value is -0.760. The van der Waals surface area contributed by atoms with Crippen molar-refractivity contribution in [3.8, 4) is 0 Å². The molecule has 0 radical (unpaired) electrons. The van der Waals surface area contributed by atoms with Gasteiger partial charge in [-0.1, -0.05) is 20.3 Å².